The van der Waals surface area contributed by atoms with Crippen molar-refractivity contribution in [2.45, 2.75) is 51.7 Å². The van der Waals surface area contributed by atoms with Crippen LogP contribution in [0.4, 0.5) is 0 Å². The predicted molar refractivity (Wildman–Crippen MR) is 58.3 cm³/mol. The van der Waals surface area contributed by atoms with Crippen LogP contribution in [-0.4, -0.2) is 24.8 Å². The van der Waals surface area contributed by atoms with Gasteiger partial charge in [0, 0.05) is 6.54 Å². The van der Waals surface area contributed by atoms with Crippen LogP contribution in [0.25, 0.3) is 0 Å². The molecule has 0 aromatic heterocycles. The summed E-state index contributed by atoms with van der Waals surface area (Å²) >= 11 is 0. The highest BCUT2D eigenvalue weighted by atomic mass is 16.5. The first-order valence-corrected chi connectivity index (χ1v) is 5.95. The second-order valence-electron chi connectivity index (χ2n) is 5.67. The summed E-state index contributed by atoms with van der Waals surface area (Å²) in [5.41, 5.74) is 0.124. The normalized spacial score (nSPS) is 40.1. The van der Waals surface area contributed by atoms with E-state index in [2.05, 4.69) is 26.1 Å². The Morgan fingerprint density at radius 1 is 1.36 bits per heavy atom. The fourth-order valence-electron chi connectivity index (χ4n) is 2.33. The Hall–Kier alpha value is -0.0800. The lowest BCUT2D eigenvalue weighted by Crippen LogP contribution is -2.30. The molecular weight excluding hydrogens is 174 g/mol. The highest BCUT2D eigenvalue weighted by Crippen LogP contribution is 2.36. The molecule has 2 fully saturated rings. The van der Waals surface area contributed by atoms with Crippen LogP contribution in [-0.2, 0) is 4.74 Å². The van der Waals surface area contributed by atoms with Crippen LogP contribution in [0.2, 0.25) is 0 Å². The van der Waals surface area contributed by atoms with Crippen LogP contribution in [0.1, 0.15) is 40.0 Å². The van der Waals surface area contributed by atoms with Crippen molar-refractivity contribution in [3.8, 4) is 0 Å². The van der Waals surface area contributed by atoms with Crippen LogP contribution < -0.4 is 5.32 Å². The fourth-order valence-corrected chi connectivity index (χ4v) is 2.33. The second kappa shape index (κ2) is 3.82. The molecule has 1 aliphatic carbocycles. The zero-order valence-electron chi connectivity index (χ0n) is 9.68. The molecule has 0 spiro atoms. The number of nitrogens with one attached hydrogen (secondary N) is 1. The molecule has 3 atom stereocenters. The van der Waals surface area contributed by atoms with E-state index < -0.39 is 0 Å². The average Bonchev–Trinajstić information content (AvgIpc) is 2.66. The Morgan fingerprint density at radius 3 is 2.57 bits per heavy atom. The van der Waals surface area contributed by atoms with Crippen LogP contribution in [0.15, 0.2) is 0 Å². The smallest absolute Gasteiger partial charge is 0.0707 e. The first-order chi connectivity index (χ1) is 6.57. The fraction of sp³-hybridized carbons (Fsp3) is 1.00. The van der Waals surface area contributed by atoms with Gasteiger partial charge in [-0.2, -0.15) is 0 Å². The molecule has 14 heavy (non-hydrogen) atoms. The maximum atomic E-state index is 5.92. The Morgan fingerprint density at radius 2 is 2.07 bits per heavy atom. The second-order valence-corrected chi connectivity index (χ2v) is 5.67. The van der Waals surface area contributed by atoms with Gasteiger partial charge in [-0.15, -0.1) is 0 Å². The van der Waals surface area contributed by atoms with E-state index in [0.29, 0.717) is 6.10 Å². The Kier molecular flexibility index (Phi) is 2.85. The van der Waals surface area contributed by atoms with Gasteiger partial charge in [0.05, 0.1) is 11.7 Å². The van der Waals surface area contributed by atoms with Crippen molar-refractivity contribution in [1.29, 1.82) is 0 Å². The molecule has 82 valence electrons. The van der Waals surface area contributed by atoms with E-state index in [0.717, 1.165) is 18.4 Å². The first-order valence-electron chi connectivity index (χ1n) is 5.95. The molecule has 2 nitrogen and oxygen atoms in total. The molecular formula is C12H23NO. The monoisotopic (exact) mass is 197 g/mol. The molecule has 0 bridgehead atoms. The minimum atomic E-state index is 0.124. The van der Waals surface area contributed by atoms with E-state index in [9.17, 15) is 0 Å². The van der Waals surface area contributed by atoms with Gasteiger partial charge in [0.15, 0.2) is 0 Å². The van der Waals surface area contributed by atoms with E-state index in [1.54, 1.807) is 0 Å². The summed E-state index contributed by atoms with van der Waals surface area (Å²) in [5, 5.41) is 3.53. The molecule has 2 rings (SSSR count). The SMILES string of the molecule is CC1CC1CNCC1CCC(C)(C)O1. The minimum Gasteiger partial charge on any atom is -0.371 e. The molecule has 1 aliphatic heterocycles. The van der Waals surface area contributed by atoms with Gasteiger partial charge >= 0.3 is 0 Å². The topological polar surface area (TPSA) is 21.3 Å². The predicted octanol–water partition coefficient (Wildman–Crippen LogP) is 2.19. The summed E-state index contributed by atoms with van der Waals surface area (Å²) in [6.07, 6.45) is 4.31. The molecule has 1 heterocycles. The van der Waals surface area contributed by atoms with Gasteiger partial charge in [-0.05, 0) is 51.5 Å². The molecule has 0 radical (unpaired) electrons. The molecule has 1 N–H and O–H groups in total. The summed E-state index contributed by atoms with van der Waals surface area (Å²) in [6.45, 7) is 8.96. The van der Waals surface area contributed by atoms with E-state index in [-0.39, 0.29) is 5.60 Å². The van der Waals surface area contributed by atoms with Crippen molar-refractivity contribution < 1.29 is 4.74 Å². The quantitative estimate of drug-likeness (QED) is 0.746. The van der Waals surface area contributed by atoms with Crippen LogP contribution >= 0.6 is 0 Å². The summed E-state index contributed by atoms with van der Waals surface area (Å²) in [6, 6.07) is 0. The third kappa shape index (κ3) is 2.71. The van der Waals surface area contributed by atoms with E-state index in [1.807, 2.05) is 0 Å². The lowest BCUT2D eigenvalue weighted by molar-refractivity contribution is -0.0142. The molecule has 3 unspecified atom stereocenters. The van der Waals surface area contributed by atoms with Crippen molar-refractivity contribution >= 4 is 0 Å². The Bertz CT molecular complexity index is 202. The standard InChI is InChI=1S/C12H23NO/c1-9-6-10(9)7-13-8-11-4-5-12(2,3)14-11/h9-11,13H,4-8H2,1-3H3. The summed E-state index contributed by atoms with van der Waals surface area (Å²) in [7, 11) is 0. The first kappa shape index (κ1) is 10.4. The molecule has 2 aliphatic rings. The number of rotatable bonds is 4. The van der Waals surface area contributed by atoms with Gasteiger partial charge in [-0.25, -0.2) is 0 Å². The lowest BCUT2D eigenvalue weighted by atomic mass is 10.1. The van der Waals surface area contributed by atoms with Crippen molar-refractivity contribution in [3.63, 3.8) is 0 Å². The maximum Gasteiger partial charge on any atom is 0.0707 e. The zero-order chi connectivity index (χ0) is 10.2. The van der Waals surface area contributed by atoms with Crippen molar-refractivity contribution in [1.82, 2.24) is 5.32 Å². The average molecular weight is 197 g/mol. The van der Waals surface area contributed by atoms with E-state index in [4.69, 9.17) is 4.74 Å². The van der Waals surface area contributed by atoms with E-state index >= 15 is 0 Å². The summed E-state index contributed by atoms with van der Waals surface area (Å²) in [4.78, 5) is 0. The third-order valence-corrected chi connectivity index (χ3v) is 3.61. The minimum absolute atomic E-state index is 0.124. The summed E-state index contributed by atoms with van der Waals surface area (Å²) < 4.78 is 5.92. The van der Waals surface area contributed by atoms with Crippen LogP contribution in [0.3, 0.4) is 0 Å². The largest absolute Gasteiger partial charge is 0.371 e. The number of hydrogen-bond acceptors (Lipinski definition) is 2. The van der Waals surface area contributed by atoms with Gasteiger partial charge in [0.1, 0.15) is 0 Å². The van der Waals surface area contributed by atoms with Crippen molar-refractivity contribution in [3.05, 3.63) is 0 Å². The lowest BCUT2D eigenvalue weighted by Gasteiger charge is -2.19. The molecule has 1 saturated heterocycles. The van der Waals surface area contributed by atoms with Crippen LogP contribution in [0, 0.1) is 11.8 Å². The molecule has 0 aromatic rings. The van der Waals surface area contributed by atoms with Crippen molar-refractivity contribution in [2.75, 3.05) is 13.1 Å². The number of ether oxygens (including phenoxy) is 1. The van der Waals surface area contributed by atoms with Gasteiger partial charge in [-0.1, -0.05) is 6.92 Å². The maximum absolute atomic E-state index is 5.92. The zero-order valence-corrected chi connectivity index (χ0v) is 9.68. The van der Waals surface area contributed by atoms with Crippen molar-refractivity contribution in [2.24, 2.45) is 11.8 Å². The highest BCUT2D eigenvalue weighted by molar-refractivity contribution is 4.86. The third-order valence-electron chi connectivity index (χ3n) is 3.61. The summed E-state index contributed by atoms with van der Waals surface area (Å²) in [5.74, 6) is 1.91. The molecule has 2 heteroatoms. The van der Waals surface area contributed by atoms with Crippen LogP contribution in [0.5, 0.6) is 0 Å². The van der Waals surface area contributed by atoms with Gasteiger partial charge in [-0.3, -0.25) is 0 Å². The molecule has 0 amide bonds. The van der Waals surface area contributed by atoms with Gasteiger partial charge < -0.3 is 10.1 Å². The Balaban J connectivity index is 1.58. The van der Waals surface area contributed by atoms with Gasteiger partial charge in [0.2, 0.25) is 0 Å². The number of hydrogen-bond donors (Lipinski definition) is 1. The van der Waals surface area contributed by atoms with Gasteiger partial charge in [0.25, 0.3) is 0 Å². The molecule has 0 aromatic carbocycles. The van der Waals surface area contributed by atoms with E-state index in [1.165, 1.54) is 25.8 Å². The highest BCUT2D eigenvalue weighted by Gasteiger charge is 2.33. The molecule has 1 saturated carbocycles. The Labute approximate surface area is 87.4 Å².